The van der Waals surface area contributed by atoms with Gasteiger partial charge in [-0.1, -0.05) is 0 Å². The van der Waals surface area contributed by atoms with Crippen molar-refractivity contribution >= 4 is 18.0 Å². The van der Waals surface area contributed by atoms with E-state index in [1.165, 1.54) is 7.11 Å². The van der Waals surface area contributed by atoms with Crippen molar-refractivity contribution in [2.45, 2.75) is 25.7 Å². The molecule has 0 aromatic heterocycles. The van der Waals surface area contributed by atoms with Crippen LogP contribution >= 0.6 is 0 Å². The second-order valence-corrected chi connectivity index (χ2v) is 3.99. The van der Waals surface area contributed by atoms with Crippen LogP contribution in [-0.4, -0.2) is 30.2 Å². The Morgan fingerprint density at radius 3 is 2.06 bits per heavy atom. The number of methoxy groups -OCH3 is 1. The molecule has 0 saturated heterocycles. The van der Waals surface area contributed by atoms with Gasteiger partial charge in [0.1, 0.15) is 0 Å². The quantitative estimate of drug-likeness (QED) is 0.477. The van der Waals surface area contributed by atoms with Crippen LogP contribution in [0.4, 0.5) is 4.79 Å². The maximum Gasteiger partial charge on any atom is 0.423 e. The molecule has 0 aromatic rings. The van der Waals surface area contributed by atoms with Crippen LogP contribution in [0.5, 0.6) is 0 Å². The van der Waals surface area contributed by atoms with Gasteiger partial charge in [0, 0.05) is 5.92 Å². The molecule has 7 nitrogen and oxygen atoms in total. The average Bonchev–Trinajstić information content (AvgIpc) is 2.35. The van der Waals surface area contributed by atoms with E-state index in [1.54, 1.807) is 0 Å². The Morgan fingerprint density at radius 1 is 1.06 bits per heavy atom. The number of amides is 2. The van der Waals surface area contributed by atoms with Crippen LogP contribution in [-0.2, 0) is 14.3 Å². The van der Waals surface area contributed by atoms with E-state index >= 15 is 0 Å². The van der Waals surface area contributed by atoms with E-state index in [-0.39, 0.29) is 23.7 Å². The summed E-state index contributed by atoms with van der Waals surface area (Å²) in [6, 6.07) is 0. The second kappa shape index (κ2) is 6.07. The Labute approximate surface area is 98.5 Å². The van der Waals surface area contributed by atoms with E-state index in [0.717, 1.165) is 0 Å². The Morgan fingerprint density at radius 2 is 1.59 bits per heavy atom. The minimum absolute atomic E-state index is 0.142. The number of ether oxygens (including phenoxy) is 1. The molecule has 0 unspecified atom stereocenters. The maximum absolute atomic E-state index is 11.5. The summed E-state index contributed by atoms with van der Waals surface area (Å²) < 4.78 is 4.63. The summed E-state index contributed by atoms with van der Waals surface area (Å²) in [5.74, 6) is -0.984. The van der Waals surface area contributed by atoms with Crippen molar-refractivity contribution in [2.24, 2.45) is 11.8 Å². The number of hydrogen-bond acceptors (Lipinski definition) is 4. The van der Waals surface area contributed by atoms with Crippen molar-refractivity contribution in [2.75, 3.05) is 7.11 Å². The van der Waals surface area contributed by atoms with Crippen molar-refractivity contribution < 1.29 is 24.2 Å². The fourth-order valence-electron chi connectivity index (χ4n) is 1.98. The van der Waals surface area contributed by atoms with E-state index in [1.807, 2.05) is 5.43 Å². The largest absolute Gasteiger partial charge is 0.469 e. The zero-order valence-corrected chi connectivity index (χ0v) is 9.56. The molecule has 3 N–H and O–H groups in total. The summed E-state index contributed by atoms with van der Waals surface area (Å²) in [5.41, 5.74) is 3.92. The first-order chi connectivity index (χ1) is 8.04. The van der Waals surface area contributed by atoms with Crippen molar-refractivity contribution in [1.29, 1.82) is 0 Å². The molecule has 0 aliphatic heterocycles. The molecule has 0 bridgehead atoms. The predicted octanol–water partition coefficient (Wildman–Crippen LogP) is 0.265. The van der Waals surface area contributed by atoms with Gasteiger partial charge in [0.05, 0.1) is 13.0 Å². The van der Waals surface area contributed by atoms with Crippen LogP contribution < -0.4 is 10.9 Å². The highest BCUT2D eigenvalue weighted by Gasteiger charge is 2.30. The summed E-state index contributed by atoms with van der Waals surface area (Å²) in [6.07, 6.45) is 1.01. The molecular formula is C10H16N2O5. The Kier molecular flexibility index (Phi) is 4.74. The highest BCUT2D eigenvalue weighted by molar-refractivity contribution is 5.81. The second-order valence-electron chi connectivity index (χ2n) is 3.99. The SMILES string of the molecule is COC(=O)C1CCC(C(=O)NNC(=O)O)CC1. The molecule has 1 fully saturated rings. The lowest BCUT2D eigenvalue weighted by atomic mass is 9.82. The molecule has 7 heteroatoms. The number of esters is 1. The summed E-state index contributed by atoms with van der Waals surface area (Å²) in [5, 5.41) is 8.32. The van der Waals surface area contributed by atoms with Crippen LogP contribution in [0.15, 0.2) is 0 Å². The molecule has 2 amide bonds. The zero-order valence-electron chi connectivity index (χ0n) is 9.56. The van der Waals surface area contributed by atoms with Crippen LogP contribution in [0.25, 0.3) is 0 Å². The first kappa shape index (κ1) is 13.3. The third kappa shape index (κ3) is 3.93. The Bertz CT molecular complexity index is 310. The Balaban J connectivity index is 2.33. The molecule has 1 aliphatic rings. The lowest BCUT2D eigenvalue weighted by Crippen LogP contribution is -2.44. The van der Waals surface area contributed by atoms with Gasteiger partial charge in [-0.2, -0.15) is 0 Å². The lowest BCUT2D eigenvalue weighted by Gasteiger charge is -2.25. The van der Waals surface area contributed by atoms with Crippen molar-refractivity contribution in [3.05, 3.63) is 0 Å². The minimum Gasteiger partial charge on any atom is -0.469 e. The Hall–Kier alpha value is -1.79. The van der Waals surface area contributed by atoms with Crippen molar-refractivity contribution in [1.82, 2.24) is 10.9 Å². The molecule has 0 aromatic carbocycles. The van der Waals surface area contributed by atoms with Crippen molar-refractivity contribution in [3.63, 3.8) is 0 Å². The fourth-order valence-corrected chi connectivity index (χ4v) is 1.98. The van der Waals surface area contributed by atoms with Gasteiger partial charge in [0.25, 0.3) is 0 Å². The summed E-state index contributed by atoms with van der Waals surface area (Å²) in [6.45, 7) is 0. The molecule has 1 aliphatic carbocycles. The number of hydrogen-bond donors (Lipinski definition) is 3. The molecule has 0 radical (unpaired) electrons. The van der Waals surface area contributed by atoms with E-state index in [4.69, 9.17) is 5.11 Å². The summed E-state index contributed by atoms with van der Waals surface area (Å²) in [7, 11) is 1.35. The lowest BCUT2D eigenvalue weighted by molar-refractivity contribution is -0.147. The molecule has 0 atom stereocenters. The smallest absolute Gasteiger partial charge is 0.423 e. The van der Waals surface area contributed by atoms with E-state index in [0.29, 0.717) is 25.7 Å². The highest BCUT2D eigenvalue weighted by Crippen LogP contribution is 2.29. The van der Waals surface area contributed by atoms with Gasteiger partial charge < -0.3 is 9.84 Å². The van der Waals surface area contributed by atoms with Gasteiger partial charge in [0.2, 0.25) is 5.91 Å². The minimum atomic E-state index is -1.30. The number of hydrazine groups is 1. The predicted molar refractivity (Wildman–Crippen MR) is 56.8 cm³/mol. The molecular weight excluding hydrogens is 228 g/mol. The van der Waals surface area contributed by atoms with Crippen LogP contribution in [0.1, 0.15) is 25.7 Å². The number of carbonyl (C=O) groups excluding carboxylic acids is 2. The third-order valence-corrected chi connectivity index (χ3v) is 2.93. The topological polar surface area (TPSA) is 105 Å². The fraction of sp³-hybridized carbons (Fsp3) is 0.700. The number of rotatable bonds is 2. The summed E-state index contributed by atoms with van der Waals surface area (Å²) in [4.78, 5) is 32.9. The number of nitrogens with one attached hydrogen (secondary N) is 2. The molecule has 17 heavy (non-hydrogen) atoms. The van der Waals surface area contributed by atoms with E-state index in [9.17, 15) is 14.4 Å². The van der Waals surface area contributed by atoms with Crippen molar-refractivity contribution in [3.8, 4) is 0 Å². The van der Waals surface area contributed by atoms with Gasteiger partial charge in [-0.3, -0.25) is 15.0 Å². The molecule has 0 spiro atoms. The third-order valence-electron chi connectivity index (χ3n) is 2.93. The highest BCUT2D eigenvalue weighted by atomic mass is 16.5. The zero-order chi connectivity index (χ0) is 12.8. The maximum atomic E-state index is 11.5. The van der Waals surface area contributed by atoms with Gasteiger partial charge >= 0.3 is 12.1 Å². The number of carbonyl (C=O) groups is 3. The standard InChI is InChI=1S/C10H16N2O5/c1-17-9(14)7-4-2-6(3-5-7)8(13)11-12-10(15)16/h6-7,12H,2-5H2,1H3,(H,11,13)(H,15,16). The monoisotopic (exact) mass is 244 g/mol. The molecule has 0 heterocycles. The van der Waals surface area contributed by atoms with Crippen LogP contribution in [0, 0.1) is 11.8 Å². The number of carboxylic acid groups (broad SMARTS) is 1. The van der Waals surface area contributed by atoms with Gasteiger partial charge in [-0.25, -0.2) is 10.2 Å². The normalized spacial score (nSPS) is 23.6. The van der Waals surface area contributed by atoms with E-state index < -0.39 is 6.09 Å². The molecule has 1 saturated carbocycles. The van der Waals surface area contributed by atoms with Gasteiger partial charge in [-0.05, 0) is 25.7 Å². The van der Waals surface area contributed by atoms with Gasteiger partial charge in [0.15, 0.2) is 0 Å². The van der Waals surface area contributed by atoms with Gasteiger partial charge in [-0.15, -0.1) is 0 Å². The van der Waals surface area contributed by atoms with Crippen LogP contribution in [0.2, 0.25) is 0 Å². The first-order valence-electron chi connectivity index (χ1n) is 5.41. The first-order valence-corrected chi connectivity index (χ1v) is 5.41. The molecule has 1 rings (SSSR count). The molecule has 96 valence electrons. The summed E-state index contributed by atoms with van der Waals surface area (Å²) >= 11 is 0. The average molecular weight is 244 g/mol. The van der Waals surface area contributed by atoms with Crippen LogP contribution in [0.3, 0.4) is 0 Å². The van der Waals surface area contributed by atoms with E-state index in [2.05, 4.69) is 10.2 Å².